The topological polar surface area (TPSA) is 128 Å². The van der Waals surface area contributed by atoms with Gasteiger partial charge >= 0.3 is 0 Å². The van der Waals surface area contributed by atoms with E-state index in [1.165, 1.54) is 5.57 Å². The van der Waals surface area contributed by atoms with E-state index in [1.807, 2.05) is 19.1 Å². The maximum absolute atomic E-state index is 10.9. The van der Waals surface area contributed by atoms with Gasteiger partial charge in [0.1, 0.15) is 11.5 Å². The van der Waals surface area contributed by atoms with Gasteiger partial charge in [0.15, 0.2) is 5.76 Å². The predicted molar refractivity (Wildman–Crippen MR) is 119 cm³/mol. The number of rotatable bonds is 10. The summed E-state index contributed by atoms with van der Waals surface area (Å²) in [4.78, 5) is 4.73. The fourth-order valence-electron chi connectivity index (χ4n) is 3.91. The molecule has 2 aliphatic rings. The van der Waals surface area contributed by atoms with E-state index in [0.717, 1.165) is 42.0 Å². The van der Waals surface area contributed by atoms with Crippen molar-refractivity contribution in [2.75, 3.05) is 13.3 Å². The summed E-state index contributed by atoms with van der Waals surface area (Å²) in [6, 6.07) is 3.64. The van der Waals surface area contributed by atoms with Crippen LogP contribution in [0.25, 0.3) is 0 Å². The summed E-state index contributed by atoms with van der Waals surface area (Å²) in [5.41, 5.74) is 3.57. The Hall–Kier alpha value is -2.36. The van der Waals surface area contributed by atoms with Crippen LogP contribution in [0.3, 0.4) is 0 Å². The number of allylic oxidation sites excluding steroid dienone is 3. The largest absolute Gasteiger partial charge is 0.458 e. The maximum Gasteiger partial charge on any atom is 0.231 e. The molecule has 0 bridgehead atoms. The average molecular weight is 447 g/mol. The molecular formula is C22H30N4O4S. The molecule has 2 unspecified atom stereocenters. The molecule has 9 heteroatoms. The summed E-state index contributed by atoms with van der Waals surface area (Å²) in [5, 5.41) is 17.0. The van der Waals surface area contributed by atoms with Gasteiger partial charge in [0.25, 0.3) is 0 Å². The molecule has 168 valence electrons. The minimum Gasteiger partial charge on any atom is -0.458 e. The van der Waals surface area contributed by atoms with Gasteiger partial charge in [-0.3, -0.25) is 9.96 Å². The van der Waals surface area contributed by atoms with Crippen LogP contribution in [0.1, 0.15) is 56.5 Å². The van der Waals surface area contributed by atoms with E-state index in [9.17, 15) is 4.21 Å². The SMILES string of the molecule is CCCC(=N)c1nc(CC2=CC3=C(CC2CC)OCO3)cc(CCNS(=O)O)cc1=N. The highest BCUT2D eigenvalue weighted by molar-refractivity contribution is 7.77. The van der Waals surface area contributed by atoms with Crippen molar-refractivity contribution in [2.24, 2.45) is 5.92 Å². The Kier molecular flexibility index (Phi) is 8.11. The lowest BCUT2D eigenvalue weighted by molar-refractivity contribution is 0.0717. The third-order valence-corrected chi connectivity index (χ3v) is 5.94. The van der Waals surface area contributed by atoms with Gasteiger partial charge in [0.05, 0.1) is 11.1 Å². The normalized spacial score (nSPS) is 18.7. The third-order valence-electron chi connectivity index (χ3n) is 5.49. The highest BCUT2D eigenvalue weighted by Gasteiger charge is 2.28. The number of nitrogens with zero attached hydrogens (tertiary/aromatic N) is 1. The minimum atomic E-state index is -2.08. The maximum atomic E-state index is 10.9. The standard InChI is InChI=1S/C22H30N4O4S/c1-3-5-18(23)22-19(24)9-14(6-7-25-31(27)28)8-17(26-22)10-16-12-21-20(29-13-30-21)11-15(16)4-2/h8-9,12,15,23-25H,3-7,10-11,13H2,1-2H3,(H,27,28). The summed E-state index contributed by atoms with van der Waals surface area (Å²) in [5.74, 6) is 2.02. The van der Waals surface area contributed by atoms with Crippen molar-refractivity contribution in [2.45, 2.75) is 52.4 Å². The van der Waals surface area contributed by atoms with E-state index in [1.54, 1.807) is 6.07 Å². The molecule has 0 amide bonds. The van der Waals surface area contributed by atoms with Crippen LogP contribution in [-0.2, 0) is 33.6 Å². The van der Waals surface area contributed by atoms with E-state index >= 15 is 0 Å². The van der Waals surface area contributed by atoms with E-state index in [-0.39, 0.29) is 12.2 Å². The van der Waals surface area contributed by atoms with Crippen LogP contribution in [0.2, 0.25) is 0 Å². The van der Waals surface area contributed by atoms with Crippen LogP contribution in [0.15, 0.2) is 35.3 Å². The van der Waals surface area contributed by atoms with Gasteiger partial charge in [-0.05, 0) is 49.0 Å². The van der Waals surface area contributed by atoms with Crippen LogP contribution in [-0.4, -0.2) is 32.8 Å². The van der Waals surface area contributed by atoms with E-state index < -0.39 is 11.3 Å². The molecule has 0 spiro atoms. The molecular weight excluding hydrogens is 416 g/mol. The van der Waals surface area contributed by atoms with Crippen molar-refractivity contribution in [3.8, 4) is 0 Å². The lowest BCUT2D eigenvalue weighted by Crippen LogP contribution is -2.19. The Labute approximate surface area is 185 Å². The molecule has 0 radical (unpaired) electrons. The van der Waals surface area contributed by atoms with Gasteiger partial charge in [0.2, 0.25) is 18.1 Å². The van der Waals surface area contributed by atoms with Crippen molar-refractivity contribution in [1.29, 1.82) is 10.8 Å². The van der Waals surface area contributed by atoms with Gasteiger partial charge in [-0.25, -0.2) is 13.9 Å². The minimum absolute atomic E-state index is 0.201. The Balaban J connectivity index is 1.97. The first-order valence-electron chi connectivity index (χ1n) is 10.6. The molecule has 0 fully saturated rings. The molecule has 0 saturated heterocycles. The quantitative estimate of drug-likeness (QED) is 0.324. The Morgan fingerprint density at radius 2 is 2.16 bits per heavy atom. The zero-order valence-corrected chi connectivity index (χ0v) is 18.8. The van der Waals surface area contributed by atoms with Crippen LogP contribution < -0.4 is 10.1 Å². The van der Waals surface area contributed by atoms with Crippen molar-refractivity contribution in [1.82, 2.24) is 9.71 Å². The second-order valence-corrected chi connectivity index (χ2v) is 8.54. The molecule has 4 N–H and O–H groups in total. The lowest BCUT2D eigenvalue weighted by Gasteiger charge is -2.22. The molecule has 31 heavy (non-hydrogen) atoms. The Bertz CT molecular complexity index is 990. The van der Waals surface area contributed by atoms with Crippen LogP contribution >= 0.6 is 0 Å². The lowest BCUT2D eigenvalue weighted by atomic mass is 9.85. The van der Waals surface area contributed by atoms with Gasteiger partial charge in [-0.15, -0.1) is 0 Å². The summed E-state index contributed by atoms with van der Waals surface area (Å²) in [7, 11) is 0. The number of nitrogens with one attached hydrogen (secondary N) is 3. The van der Waals surface area contributed by atoms with Gasteiger partial charge in [0, 0.05) is 25.1 Å². The van der Waals surface area contributed by atoms with Crippen LogP contribution in [0.5, 0.6) is 0 Å². The Morgan fingerprint density at radius 3 is 2.87 bits per heavy atom. The van der Waals surface area contributed by atoms with Crippen molar-refractivity contribution in [3.63, 3.8) is 0 Å². The number of hydrogen-bond donors (Lipinski definition) is 4. The highest BCUT2D eigenvalue weighted by Crippen LogP contribution is 2.36. The number of hydrogen-bond acceptors (Lipinski definition) is 6. The number of aromatic nitrogens is 1. The molecule has 1 aromatic heterocycles. The molecule has 2 heterocycles. The molecule has 1 aromatic rings. The zero-order valence-electron chi connectivity index (χ0n) is 18.0. The second kappa shape index (κ2) is 10.8. The van der Waals surface area contributed by atoms with E-state index in [0.29, 0.717) is 43.1 Å². The molecule has 0 aromatic carbocycles. The smallest absolute Gasteiger partial charge is 0.231 e. The van der Waals surface area contributed by atoms with Gasteiger partial charge in [-0.1, -0.05) is 25.8 Å². The molecule has 8 nitrogen and oxygen atoms in total. The molecule has 1 aliphatic carbocycles. The predicted octanol–water partition coefficient (Wildman–Crippen LogP) is 3.11. The van der Waals surface area contributed by atoms with Crippen molar-refractivity contribution in [3.05, 3.63) is 57.6 Å². The van der Waals surface area contributed by atoms with Crippen molar-refractivity contribution < 1.29 is 18.2 Å². The number of ether oxygens (including phenoxy) is 2. The summed E-state index contributed by atoms with van der Waals surface area (Å²) in [6.45, 7) is 4.71. The van der Waals surface area contributed by atoms with Crippen LogP contribution in [0.4, 0.5) is 0 Å². The third kappa shape index (κ3) is 6.09. The summed E-state index contributed by atoms with van der Waals surface area (Å²) < 4.78 is 33.5. The first kappa shape index (κ1) is 23.3. The average Bonchev–Trinajstić information content (AvgIpc) is 3.11. The summed E-state index contributed by atoms with van der Waals surface area (Å²) >= 11 is -2.08. The van der Waals surface area contributed by atoms with Crippen LogP contribution in [0, 0.1) is 16.7 Å². The zero-order chi connectivity index (χ0) is 22.4. The van der Waals surface area contributed by atoms with E-state index in [2.05, 4.69) is 11.6 Å². The van der Waals surface area contributed by atoms with Crippen molar-refractivity contribution >= 4 is 17.0 Å². The van der Waals surface area contributed by atoms with Gasteiger partial charge < -0.3 is 14.9 Å². The highest BCUT2D eigenvalue weighted by atomic mass is 32.2. The fourth-order valence-corrected chi connectivity index (χ4v) is 4.19. The molecule has 3 rings (SSSR count). The molecule has 1 aliphatic heterocycles. The first-order valence-corrected chi connectivity index (χ1v) is 11.7. The monoisotopic (exact) mass is 446 g/mol. The van der Waals surface area contributed by atoms with E-state index in [4.69, 9.17) is 29.8 Å². The summed E-state index contributed by atoms with van der Waals surface area (Å²) in [6.07, 6.45) is 6.25. The fraction of sp³-hybridized carbons (Fsp3) is 0.500. The van der Waals surface area contributed by atoms with Gasteiger partial charge in [-0.2, -0.15) is 0 Å². The first-order chi connectivity index (χ1) is 14.9. The molecule has 0 saturated carbocycles. The molecule has 2 atom stereocenters. The second-order valence-electron chi connectivity index (χ2n) is 7.75. The Morgan fingerprint density at radius 1 is 1.35 bits per heavy atom.